The Hall–Kier alpha value is -2.57. The molecule has 1 aliphatic carbocycles. The molecule has 2 fully saturated rings. The molecule has 1 heterocycles. The van der Waals surface area contributed by atoms with Crippen LogP contribution < -0.4 is 4.90 Å². The standard InChI is InChI=1S/C22H27NO7S/c1-4-29-18-11-16(12-18)6-5-15-7-9-17(10-8-15)23-14-19(30-21(23)26)13-22(2,20(24)25)31(3,27)28/h7-10,16,18-19H,4,11-14H2,1-3H3,(H,24,25). The number of sulfone groups is 1. The predicted octanol–water partition coefficient (Wildman–Crippen LogP) is 2.46. The maximum absolute atomic E-state index is 12.3. The van der Waals surface area contributed by atoms with Gasteiger partial charge in [-0.1, -0.05) is 11.8 Å². The predicted molar refractivity (Wildman–Crippen MR) is 115 cm³/mol. The molecular formula is C22H27NO7S. The Labute approximate surface area is 182 Å². The van der Waals surface area contributed by atoms with Gasteiger partial charge < -0.3 is 14.6 Å². The van der Waals surface area contributed by atoms with Crippen molar-refractivity contribution in [3.8, 4) is 11.8 Å². The third-order valence-corrected chi connectivity index (χ3v) is 7.84. The molecule has 0 aromatic heterocycles. The van der Waals surface area contributed by atoms with E-state index in [1.165, 1.54) is 4.90 Å². The Morgan fingerprint density at radius 2 is 1.97 bits per heavy atom. The molecule has 9 heteroatoms. The van der Waals surface area contributed by atoms with Crippen molar-refractivity contribution in [1.82, 2.24) is 0 Å². The lowest BCUT2D eigenvalue weighted by Gasteiger charge is -2.31. The normalized spacial score (nSPS) is 25.1. The van der Waals surface area contributed by atoms with Gasteiger partial charge in [-0.3, -0.25) is 9.69 Å². The van der Waals surface area contributed by atoms with Crippen LogP contribution in [-0.4, -0.2) is 61.9 Å². The zero-order chi connectivity index (χ0) is 22.8. The van der Waals surface area contributed by atoms with Gasteiger partial charge in [0, 0.05) is 36.5 Å². The molecule has 168 valence electrons. The fraction of sp³-hybridized carbons (Fsp3) is 0.545. The average molecular weight is 450 g/mol. The number of carbonyl (C=O) groups is 2. The quantitative estimate of drug-likeness (QED) is 0.637. The van der Waals surface area contributed by atoms with E-state index in [2.05, 4.69) is 11.8 Å². The van der Waals surface area contributed by atoms with Crippen LogP contribution in [0.3, 0.4) is 0 Å². The van der Waals surface area contributed by atoms with Gasteiger partial charge in [0.2, 0.25) is 0 Å². The summed E-state index contributed by atoms with van der Waals surface area (Å²) in [6.07, 6.45) is 1.27. The average Bonchev–Trinajstić information content (AvgIpc) is 3.02. The van der Waals surface area contributed by atoms with E-state index in [1.807, 2.05) is 6.92 Å². The first-order valence-corrected chi connectivity index (χ1v) is 12.1. The fourth-order valence-electron chi connectivity index (χ4n) is 3.64. The number of hydrogen-bond donors (Lipinski definition) is 1. The minimum atomic E-state index is -3.91. The molecule has 1 aromatic rings. The van der Waals surface area contributed by atoms with Gasteiger partial charge in [-0.15, -0.1) is 0 Å². The van der Waals surface area contributed by atoms with Gasteiger partial charge in [-0.25, -0.2) is 13.2 Å². The van der Waals surface area contributed by atoms with Crippen molar-refractivity contribution in [2.24, 2.45) is 5.92 Å². The summed E-state index contributed by atoms with van der Waals surface area (Å²) in [5, 5.41) is 9.41. The van der Waals surface area contributed by atoms with Crippen molar-refractivity contribution < 1.29 is 32.6 Å². The van der Waals surface area contributed by atoms with Crippen molar-refractivity contribution in [3.63, 3.8) is 0 Å². The second-order valence-corrected chi connectivity index (χ2v) is 10.6. The van der Waals surface area contributed by atoms with E-state index in [1.54, 1.807) is 24.3 Å². The minimum Gasteiger partial charge on any atom is -0.480 e. The summed E-state index contributed by atoms with van der Waals surface area (Å²) in [5.41, 5.74) is 1.40. The summed E-state index contributed by atoms with van der Waals surface area (Å²) in [7, 11) is -3.91. The zero-order valence-corrected chi connectivity index (χ0v) is 18.6. The van der Waals surface area contributed by atoms with Gasteiger partial charge in [-0.2, -0.15) is 0 Å². The minimum absolute atomic E-state index is 0.0726. The van der Waals surface area contributed by atoms with Gasteiger partial charge in [-0.05, 0) is 51.0 Å². The third kappa shape index (κ3) is 5.02. The summed E-state index contributed by atoms with van der Waals surface area (Å²) in [4.78, 5) is 25.2. The van der Waals surface area contributed by atoms with E-state index >= 15 is 0 Å². The molecule has 2 atom stereocenters. The van der Waals surface area contributed by atoms with Gasteiger partial charge in [0.05, 0.1) is 12.6 Å². The van der Waals surface area contributed by atoms with Crippen molar-refractivity contribution in [2.45, 2.75) is 50.1 Å². The molecule has 0 radical (unpaired) electrons. The van der Waals surface area contributed by atoms with Gasteiger partial charge >= 0.3 is 12.1 Å². The van der Waals surface area contributed by atoms with E-state index < -0.39 is 32.8 Å². The lowest BCUT2D eigenvalue weighted by Crippen LogP contribution is -2.46. The zero-order valence-electron chi connectivity index (χ0n) is 17.8. The second kappa shape index (κ2) is 8.89. The van der Waals surface area contributed by atoms with Crippen LogP contribution in [0, 0.1) is 17.8 Å². The second-order valence-electron chi connectivity index (χ2n) is 8.19. The highest BCUT2D eigenvalue weighted by Crippen LogP contribution is 2.31. The van der Waals surface area contributed by atoms with Gasteiger partial charge in [0.25, 0.3) is 0 Å². The summed E-state index contributed by atoms with van der Waals surface area (Å²) in [5.74, 6) is 5.24. The number of benzene rings is 1. The molecule has 0 spiro atoms. The maximum Gasteiger partial charge on any atom is 0.414 e. The number of anilines is 1. The summed E-state index contributed by atoms with van der Waals surface area (Å²) in [6.45, 7) is 3.90. The molecule has 1 N–H and O–H groups in total. The number of cyclic esters (lactones) is 1. The van der Waals surface area contributed by atoms with Crippen LogP contribution in [0.5, 0.6) is 0 Å². The number of hydrogen-bond acceptors (Lipinski definition) is 6. The monoisotopic (exact) mass is 449 g/mol. The first-order valence-electron chi connectivity index (χ1n) is 10.2. The first-order chi connectivity index (χ1) is 14.5. The molecule has 2 unspecified atom stereocenters. The van der Waals surface area contributed by atoms with Crippen LogP contribution in [0.2, 0.25) is 0 Å². The molecule has 1 aromatic carbocycles. The number of nitrogens with zero attached hydrogens (tertiary/aromatic N) is 1. The molecular weight excluding hydrogens is 422 g/mol. The molecule has 3 rings (SSSR count). The fourth-order valence-corrected chi connectivity index (χ4v) is 4.44. The molecule has 0 bridgehead atoms. The van der Waals surface area contributed by atoms with E-state index in [0.29, 0.717) is 17.7 Å². The first kappa shape index (κ1) is 23.1. The van der Waals surface area contributed by atoms with Crippen LogP contribution in [0.15, 0.2) is 24.3 Å². The molecule has 31 heavy (non-hydrogen) atoms. The van der Waals surface area contributed by atoms with Crippen molar-refractivity contribution in [3.05, 3.63) is 29.8 Å². The van der Waals surface area contributed by atoms with Gasteiger partial charge in [0.15, 0.2) is 14.6 Å². The van der Waals surface area contributed by atoms with Crippen LogP contribution >= 0.6 is 0 Å². The highest BCUT2D eigenvalue weighted by atomic mass is 32.2. The maximum atomic E-state index is 12.3. The number of carboxylic acid groups (broad SMARTS) is 1. The molecule has 1 amide bonds. The van der Waals surface area contributed by atoms with Crippen molar-refractivity contribution >= 4 is 27.6 Å². The highest BCUT2D eigenvalue weighted by molar-refractivity contribution is 7.92. The van der Waals surface area contributed by atoms with Gasteiger partial charge in [0.1, 0.15) is 6.10 Å². The van der Waals surface area contributed by atoms with E-state index in [9.17, 15) is 23.1 Å². The number of carboxylic acids is 1. The van der Waals surface area contributed by atoms with Crippen LogP contribution in [0.1, 0.15) is 38.7 Å². The van der Waals surface area contributed by atoms with Crippen LogP contribution in [0.25, 0.3) is 0 Å². The molecule has 1 aliphatic heterocycles. The number of carbonyl (C=O) groups excluding carboxylic acids is 1. The van der Waals surface area contributed by atoms with Crippen molar-refractivity contribution in [2.75, 3.05) is 24.3 Å². The number of aliphatic carboxylic acids is 1. The van der Waals surface area contributed by atoms with Crippen LogP contribution in [-0.2, 0) is 24.1 Å². The largest absolute Gasteiger partial charge is 0.480 e. The van der Waals surface area contributed by atoms with E-state index in [4.69, 9.17) is 9.47 Å². The lowest BCUT2D eigenvalue weighted by molar-refractivity contribution is -0.140. The van der Waals surface area contributed by atoms with E-state index in [0.717, 1.165) is 38.2 Å². The number of ether oxygens (including phenoxy) is 2. The van der Waals surface area contributed by atoms with Crippen LogP contribution in [0.4, 0.5) is 10.5 Å². The topological polar surface area (TPSA) is 110 Å². The highest BCUT2D eigenvalue weighted by Gasteiger charge is 2.48. The summed E-state index contributed by atoms with van der Waals surface area (Å²) >= 11 is 0. The summed E-state index contributed by atoms with van der Waals surface area (Å²) < 4.78 is 32.7. The molecule has 1 saturated heterocycles. The van der Waals surface area contributed by atoms with Crippen molar-refractivity contribution in [1.29, 1.82) is 0 Å². The Morgan fingerprint density at radius 1 is 1.32 bits per heavy atom. The third-order valence-electron chi connectivity index (χ3n) is 5.86. The SMILES string of the molecule is CCOC1CC(C#Cc2ccc(N3CC(CC(C)(C(=O)O)S(C)(=O)=O)OC3=O)cc2)C1. The Morgan fingerprint density at radius 3 is 2.52 bits per heavy atom. The molecule has 1 saturated carbocycles. The number of rotatable bonds is 7. The molecule has 2 aliphatic rings. The Kier molecular flexibility index (Phi) is 6.62. The Bertz CT molecular complexity index is 1000. The molecule has 8 nitrogen and oxygen atoms in total. The number of amides is 1. The Balaban J connectivity index is 1.62. The van der Waals surface area contributed by atoms with E-state index in [-0.39, 0.29) is 13.0 Å². The lowest BCUT2D eigenvalue weighted by atomic mass is 9.82. The summed E-state index contributed by atoms with van der Waals surface area (Å²) in [6, 6.07) is 7.09. The smallest absolute Gasteiger partial charge is 0.414 e.